The molecule has 0 bridgehead atoms. The van der Waals surface area contributed by atoms with E-state index in [0.29, 0.717) is 13.0 Å². The van der Waals surface area contributed by atoms with Gasteiger partial charge in [-0.25, -0.2) is 4.39 Å². The number of hydrogen-bond acceptors (Lipinski definition) is 1. The molecular formula is C19H20FNO. The number of carbonyl (C=O) groups excluding carboxylic acids is 1. The predicted molar refractivity (Wildman–Crippen MR) is 85.2 cm³/mol. The van der Waals surface area contributed by atoms with Crippen LogP contribution in [0.1, 0.15) is 29.0 Å². The molecule has 1 saturated heterocycles. The van der Waals surface area contributed by atoms with E-state index in [1.54, 1.807) is 12.1 Å². The third-order valence-corrected chi connectivity index (χ3v) is 4.30. The van der Waals surface area contributed by atoms with Gasteiger partial charge in [0.15, 0.2) is 0 Å². The maximum atomic E-state index is 13.3. The summed E-state index contributed by atoms with van der Waals surface area (Å²) in [7, 11) is 0. The number of halogens is 1. The van der Waals surface area contributed by atoms with Crippen LogP contribution < -0.4 is 0 Å². The number of carbonyl (C=O) groups is 1. The Morgan fingerprint density at radius 1 is 1.23 bits per heavy atom. The number of aryl methyl sites for hydroxylation is 1. The topological polar surface area (TPSA) is 20.3 Å². The van der Waals surface area contributed by atoms with Crippen molar-refractivity contribution in [3.05, 3.63) is 71.0 Å². The minimum Gasteiger partial charge on any atom is -0.342 e. The molecule has 0 aliphatic carbocycles. The summed E-state index contributed by atoms with van der Waals surface area (Å²) in [6.45, 7) is 3.48. The molecule has 3 heteroatoms. The van der Waals surface area contributed by atoms with Crippen LogP contribution in [0, 0.1) is 12.7 Å². The summed E-state index contributed by atoms with van der Waals surface area (Å²) >= 11 is 0. The summed E-state index contributed by atoms with van der Waals surface area (Å²) in [5.74, 6) is 0.198. The molecule has 1 amide bonds. The Labute approximate surface area is 130 Å². The van der Waals surface area contributed by atoms with Gasteiger partial charge in [-0.1, -0.05) is 42.0 Å². The van der Waals surface area contributed by atoms with E-state index in [1.807, 2.05) is 36.1 Å². The zero-order chi connectivity index (χ0) is 15.5. The lowest BCUT2D eigenvalue weighted by molar-refractivity contribution is -0.129. The molecule has 1 aliphatic rings. The van der Waals surface area contributed by atoms with E-state index in [-0.39, 0.29) is 17.6 Å². The van der Waals surface area contributed by atoms with E-state index in [1.165, 1.54) is 11.6 Å². The highest BCUT2D eigenvalue weighted by atomic mass is 19.1. The van der Waals surface area contributed by atoms with Crippen LogP contribution in [0.5, 0.6) is 0 Å². The lowest BCUT2D eigenvalue weighted by atomic mass is 9.98. The number of nitrogens with zero attached hydrogens (tertiary/aromatic N) is 1. The number of hydrogen-bond donors (Lipinski definition) is 0. The molecule has 0 aromatic heterocycles. The summed E-state index contributed by atoms with van der Waals surface area (Å²) in [4.78, 5) is 14.3. The molecule has 0 saturated carbocycles. The average Bonchev–Trinajstić information content (AvgIpc) is 2.97. The predicted octanol–water partition coefficient (Wildman–Crippen LogP) is 3.69. The molecule has 0 N–H and O–H groups in total. The first kappa shape index (κ1) is 14.8. The first-order chi connectivity index (χ1) is 10.6. The van der Waals surface area contributed by atoms with Gasteiger partial charge in [-0.3, -0.25) is 4.79 Å². The molecular weight excluding hydrogens is 277 g/mol. The summed E-state index contributed by atoms with van der Waals surface area (Å²) in [6, 6.07) is 14.8. The summed E-state index contributed by atoms with van der Waals surface area (Å²) in [6.07, 6.45) is 1.35. The van der Waals surface area contributed by atoms with Crippen LogP contribution in [0.25, 0.3) is 0 Å². The van der Waals surface area contributed by atoms with Crippen molar-refractivity contribution in [2.45, 2.75) is 25.7 Å². The van der Waals surface area contributed by atoms with Gasteiger partial charge in [0.05, 0.1) is 6.42 Å². The Balaban J connectivity index is 1.63. The minimum absolute atomic E-state index is 0.157. The first-order valence-corrected chi connectivity index (χ1v) is 7.70. The fraction of sp³-hybridized carbons (Fsp3) is 0.316. The molecule has 0 spiro atoms. The van der Waals surface area contributed by atoms with Gasteiger partial charge in [0.1, 0.15) is 5.82 Å². The molecule has 1 aliphatic heterocycles. The van der Waals surface area contributed by atoms with Crippen LogP contribution in [-0.2, 0) is 11.2 Å². The molecule has 1 heterocycles. The fourth-order valence-corrected chi connectivity index (χ4v) is 3.13. The Hall–Kier alpha value is -2.16. The molecule has 1 atom stereocenters. The van der Waals surface area contributed by atoms with Crippen molar-refractivity contribution < 1.29 is 9.18 Å². The van der Waals surface area contributed by atoms with Crippen molar-refractivity contribution >= 4 is 5.91 Å². The van der Waals surface area contributed by atoms with Crippen molar-refractivity contribution in [3.8, 4) is 0 Å². The average molecular weight is 297 g/mol. The maximum Gasteiger partial charge on any atom is 0.227 e. The lowest BCUT2D eigenvalue weighted by Crippen LogP contribution is -2.29. The summed E-state index contributed by atoms with van der Waals surface area (Å²) in [5, 5.41) is 0. The van der Waals surface area contributed by atoms with Gasteiger partial charge in [0, 0.05) is 19.0 Å². The second kappa shape index (κ2) is 6.30. The molecule has 2 nitrogen and oxygen atoms in total. The van der Waals surface area contributed by atoms with Crippen LogP contribution in [0.3, 0.4) is 0 Å². The summed E-state index contributed by atoms with van der Waals surface area (Å²) < 4.78 is 13.3. The van der Waals surface area contributed by atoms with Crippen molar-refractivity contribution in [3.63, 3.8) is 0 Å². The van der Waals surface area contributed by atoms with Crippen LogP contribution in [0.2, 0.25) is 0 Å². The zero-order valence-corrected chi connectivity index (χ0v) is 12.8. The highest BCUT2D eigenvalue weighted by molar-refractivity contribution is 5.79. The normalized spacial score (nSPS) is 17.7. The molecule has 2 aromatic rings. The minimum atomic E-state index is -0.206. The molecule has 114 valence electrons. The van der Waals surface area contributed by atoms with E-state index in [9.17, 15) is 9.18 Å². The Kier molecular flexibility index (Phi) is 4.23. The third kappa shape index (κ3) is 3.35. The highest BCUT2D eigenvalue weighted by Gasteiger charge is 2.27. The SMILES string of the molecule is Cc1cccc(CC(=O)N2CC[C@@H](c3cccc(F)c3)C2)c1. The van der Waals surface area contributed by atoms with Crippen molar-refractivity contribution in [2.24, 2.45) is 0 Å². The van der Waals surface area contributed by atoms with Gasteiger partial charge in [0.25, 0.3) is 0 Å². The quantitative estimate of drug-likeness (QED) is 0.846. The molecule has 0 radical (unpaired) electrons. The van der Waals surface area contributed by atoms with E-state index >= 15 is 0 Å². The van der Waals surface area contributed by atoms with Gasteiger partial charge in [-0.2, -0.15) is 0 Å². The van der Waals surface area contributed by atoms with Gasteiger partial charge < -0.3 is 4.90 Å². The van der Waals surface area contributed by atoms with E-state index in [0.717, 1.165) is 24.1 Å². The standard InChI is InChI=1S/C19H20FNO/c1-14-4-2-5-15(10-14)11-19(22)21-9-8-17(13-21)16-6-3-7-18(20)12-16/h2-7,10,12,17H,8-9,11,13H2,1H3/t17-/m1/s1. The number of benzene rings is 2. The van der Waals surface area contributed by atoms with Crippen molar-refractivity contribution in [1.82, 2.24) is 4.90 Å². The van der Waals surface area contributed by atoms with Crippen LogP contribution in [0.15, 0.2) is 48.5 Å². The van der Waals surface area contributed by atoms with Gasteiger partial charge in [0.2, 0.25) is 5.91 Å². The maximum absolute atomic E-state index is 13.3. The monoisotopic (exact) mass is 297 g/mol. The third-order valence-electron chi connectivity index (χ3n) is 4.30. The van der Waals surface area contributed by atoms with Gasteiger partial charge in [-0.05, 0) is 36.6 Å². The lowest BCUT2D eigenvalue weighted by Gasteiger charge is -2.17. The number of rotatable bonds is 3. The Bertz CT molecular complexity index is 683. The van der Waals surface area contributed by atoms with Crippen molar-refractivity contribution in [1.29, 1.82) is 0 Å². The largest absolute Gasteiger partial charge is 0.342 e. The molecule has 0 unspecified atom stereocenters. The number of likely N-dealkylation sites (tertiary alicyclic amines) is 1. The summed E-state index contributed by atoms with van der Waals surface area (Å²) in [5.41, 5.74) is 3.22. The van der Waals surface area contributed by atoms with E-state index in [4.69, 9.17) is 0 Å². The molecule has 22 heavy (non-hydrogen) atoms. The fourth-order valence-electron chi connectivity index (χ4n) is 3.13. The Morgan fingerprint density at radius 2 is 2.05 bits per heavy atom. The van der Waals surface area contributed by atoms with Crippen LogP contribution in [0.4, 0.5) is 4.39 Å². The highest BCUT2D eigenvalue weighted by Crippen LogP contribution is 2.28. The zero-order valence-electron chi connectivity index (χ0n) is 12.8. The van der Waals surface area contributed by atoms with Gasteiger partial charge >= 0.3 is 0 Å². The molecule has 1 fully saturated rings. The second-order valence-corrected chi connectivity index (χ2v) is 6.05. The van der Waals surface area contributed by atoms with Gasteiger partial charge in [-0.15, -0.1) is 0 Å². The molecule has 3 rings (SSSR count). The molecule has 2 aromatic carbocycles. The van der Waals surface area contributed by atoms with E-state index in [2.05, 4.69) is 6.07 Å². The van der Waals surface area contributed by atoms with Crippen LogP contribution in [-0.4, -0.2) is 23.9 Å². The van der Waals surface area contributed by atoms with Crippen molar-refractivity contribution in [2.75, 3.05) is 13.1 Å². The van der Waals surface area contributed by atoms with E-state index < -0.39 is 0 Å². The second-order valence-electron chi connectivity index (χ2n) is 6.05. The first-order valence-electron chi connectivity index (χ1n) is 7.70. The number of amides is 1. The van der Waals surface area contributed by atoms with Crippen LogP contribution >= 0.6 is 0 Å². The smallest absolute Gasteiger partial charge is 0.227 e. The Morgan fingerprint density at radius 3 is 2.82 bits per heavy atom.